The molecule has 0 unspecified atom stereocenters. The van der Waals surface area contributed by atoms with E-state index >= 15 is 0 Å². The molecule has 0 spiro atoms. The third-order valence-electron chi connectivity index (χ3n) is 4.11. The van der Waals surface area contributed by atoms with Gasteiger partial charge in [0.1, 0.15) is 4.32 Å². The predicted molar refractivity (Wildman–Crippen MR) is 120 cm³/mol. The summed E-state index contributed by atoms with van der Waals surface area (Å²) < 4.78 is 0.479. The zero-order chi connectivity index (χ0) is 19.9. The Morgan fingerprint density at radius 2 is 1.86 bits per heavy atom. The lowest BCUT2D eigenvalue weighted by atomic mass is 10.2. The highest BCUT2D eigenvalue weighted by Crippen LogP contribution is 2.31. The van der Waals surface area contributed by atoms with Gasteiger partial charge in [-0.3, -0.25) is 14.5 Å². The molecule has 6 heteroatoms. The number of carbonyl (C=O) groups excluding carboxylic acids is 2. The molecule has 0 bridgehead atoms. The van der Waals surface area contributed by atoms with Gasteiger partial charge in [0.15, 0.2) is 0 Å². The van der Waals surface area contributed by atoms with Crippen LogP contribution >= 0.6 is 24.0 Å². The molecule has 2 aromatic rings. The first-order chi connectivity index (χ1) is 13.5. The van der Waals surface area contributed by atoms with Gasteiger partial charge in [0.25, 0.3) is 5.91 Å². The molecular weight excluding hydrogens is 388 g/mol. The summed E-state index contributed by atoms with van der Waals surface area (Å²) >= 11 is 6.57. The number of hydrogen-bond acceptors (Lipinski definition) is 4. The number of allylic oxidation sites excluding steroid dienone is 2. The number of thioether (sulfide) groups is 1. The number of amides is 2. The Bertz CT molecular complexity index is 935. The van der Waals surface area contributed by atoms with Crippen LogP contribution in [0, 0.1) is 6.92 Å². The molecular formula is C22H20N2O2S2. The summed E-state index contributed by atoms with van der Waals surface area (Å²) in [7, 11) is 0. The number of benzene rings is 2. The van der Waals surface area contributed by atoms with Gasteiger partial charge in [-0.25, -0.2) is 0 Å². The first-order valence-electron chi connectivity index (χ1n) is 8.86. The van der Waals surface area contributed by atoms with E-state index in [2.05, 4.69) is 5.32 Å². The predicted octanol–water partition coefficient (Wildman–Crippen LogP) is 4.78. The molecule has 1 heterocycles. The number of carbonyl (C=O) groups is 2. The number of aryl methyl sites for hydroxylation is 1. The van der Waals surface area contributed by atoms with Crippen LogP contribution in [0.25, 0.3) is 6.08 Å². The van der Waals surface area contributed by atoms with Crippen LogP contribution in [0.1, 0.15) is 17.5 Å². The lowest BCUT2D eigenvalue weighted by Gasteiger charge is -2.14. The largest absolute Gasteiger partial charge is 0.326 e. The highest BCUT2D eigenvalue weighted by atomic mass is 32.2. The van der Waals surface area contributed by atoms with Crippen LogP contribution in [0.2, 0.25) is 0 Å². The topological polar surface area (TPSA) is 49.4 Å². The van der Waals surface area contributed by atoms with E-state index in [0.29, 0.717) is 9.23 Å². The SMILES string of the molecule is Cc1ccc(NC(=O)CCN2C(=O)/C(=C/C=C/c3ccccc3)SC2=S)cc1. The minimum Gasteiger partial charge on any atom is -0.326 e. The summed E-state index contributed by atoms with van der Waals surface area (Å²) in [6.45, 7) is 2.26. The van der Waals surface area contributed by atoms with E-state index in [1.807, 2.05) is 73.7 Å². The van der Waals surface area contributed by atoms with E-state index < -0.39 is 0 Å². The van der Waals surface area contributed by atoms with Gasteiger partial charge >= 0.3 is 0 Å². The van der Waals surface area contributed by atoms with Crippen LogP contribution in [0.5, 0.6) is 0 Å². The summed E-state index contributed by atoms with van der Waals surface area (Å²) in [4.78, 5) is 26.8. The Hall–Kier alpha value is -2.70. The summed E-state index contributed by atoms with van der Waals surface area (Å²) in [5.41, 5.74) is 2.93. The fraction of sp³-hybridized carbons (Fsp3) is 0.136. The van der Waals surface area contributed by atoms with Gasteiger partial charge in [-0.15, -0.1) is 0 Å². The smallest absolute Gasteiger partial charge is 0.266 e. The van der Waals surface area contributed by atoms with Crippen LogP contribution in [0.4, 0.5) is 5.69 Å². The minimum absolute atomic E-state index is 0.147. The average Bonchev–Trinajstić information content (AvgIpc) is 2.96. The molecule has 1 aliphatic rings. The number of nitrogens with zero attached hydrogens (tertiary/aromatic N) is 1. The van der Waals surface area contributed by atoms with Gasteiger partial charge in [0.05, 0.1) is 4.91 Å². The third-order valence-corrected chi connectivity index (χ3v) is 5.50. The first-order valence-corrected chi connectivity index (χ1v) is 10.1. The molecule has 1 saturated heterocycles. The van der Waals surface area contributed by atoms with Crippen molar-refractivity contribution in [3.8, 4) is 0 Å². The maximum atomic E-state index is 12.6. The van der Waals surface area contributed by atoms with Crippen molar-refractivity contribution in [1.29, 1.82) is 0 Å². The molecule has 142 valence electrons. The van der Waals surface area contributed by atoms with Crippen LogP contribution in [-0.2, 0) is 9.59 Å². The minimum atomic E-state index is -0.157. The van der Waals surface area contributed by atoms with E-state index in [1.54, 1.807) is 6.08 Å². The average molecular weight is 409 g/mol. The zero-order valence-electron chi connectivity index (χ0n) is 15.4. The van der Waals surface area contributed by atoms with Gasteiger partial charge in [-0.1, -0.05) is 84.2 Å². The second-order valence-corrected chi connectivity index (χ2v) is 7.97. The molecule has 4 nitrogen and oxygen atoms in total. The van der Waals surface area contributed by atoms with E-state index in [9.17, 15) is 9.59 Å². The van der Waals surface area contributed by atoms with Crippen molar-refractivity contribution < 1.29 is 9.59 Å². The molecule has 0 aliphatic carbocycles. The highest BCUT2D eigenvalue weighted by molar-refractivity contribution is 8.26. The Balaban J connectivity index is 1.54. The monoisotopic (exact) mass is 408 g/mol. The molecule has 2 amide bonds. The quantitative estimate of drug-likeness (QED) is 0.552. The van der Waals surface area contributed by atoms with Crippen LogP contribution < -0.4 is 5.32 Å². The maximum absolute atomic E-state index is 12.6. The van der Waals surface area contributed by atoms with Gasteiger partial charge in [0.2, 0.25) is 5.91 Å². The molecule has 3 rings (SSSR count). The Labute approximate surface area is 174 Å². The highest BCUT2D eigenvalue weighted by Gasteiger charge is 2.31. The van der Waals surface area contributed by atoms with Gasteiger partial charge < -0.3 is 5.32 Å². The first kappa shape index (κ1) is 20.0. The standard InChI is InChI=1S/C22H20N2O2S2/c1-16-10-12-18(13-11-16)23-20(25)14-15-24-21(26)19(28-22(24)27)9-5-8-17-6-3-2-4-7-17/h2-13H,14-15H2,1H3,(H,23,25)/b8-5+,19-9-. The van der Waals surface area contributed by atoms with E-state index in [0.717, 1.165) is 16.8 Å². The van der Waals surface area contributed by atoms with Crippen molar-refractivity contribution in [1.82, 2.24) is 4.90 Å². The van der Waals surface area contributed by atoms with Gasteiger partial charge in [0, 0.05) is 18.7 Å². The Morgan fingerprint density at radius 3 is 2.57 bits per heavy atom. The lowest BCUT2D eigenvalue weighted by molar-refractivity contribution is -0.122. The van der Waals surface area contributed by atoms with E-state index in [1.165, 1.54) is 16.7 Å². The maximum Gasteiger partial charge on any atom is 0.266 e. The van der Waals surface area contributed by atoms with Crippen molar-refractivity contribution in [2.75, 3.05) is 11.9 Å². The summed E-state index contributed by atoms with van der Waals surface area (Å²) in [6, 6.07) is 17.4. The van der Waals surface area contributed by atoms with Gasteiger partial charge in [-0.2, -0.15) is 0 Å². The second-order valence-electron chi connectivity index (χ2n) is 6.29. The van der Waals surface area contributed by atoms with E-state index in [4.69, 9.17) is 12.2 Å². The fourth-order valence-corrected chi connectivity index (χ4v) is 3.85. The van der Waals surface area contributed by atoms with Crippen molar-refractivity contribution in [3.05, 3.63) is 82.8 Å². The molecule has 0 radical (unpaired) electrons. The Morgan fingerprint density at radius 1 is 1.14 bits per heavy atom. The zero-order valence-corrected chi connectivity index (χ0v) is 17.1. The normalized spacial score (nSPS) is 15.6. The van der Waals surface area contributed by atoms with Crippen LogP contribution in [-0.4, -0.2) is 27.6 Å². The Kier molecular flexibility index (Phi) is 6.79. The molecule has 0 atom stereocenters. The fourth-order valence-electron chi connectivity index (χ4n) is 2.59. The van der Waals surface area contributed by atoms with Crippen molar-refractivity contribution in [2.45, 2.75) is 13.3 Å². The molecule has 28 heavy (non-hydrogen) atoms. The molecule has 0 aromatic heterocycles. The van der Waals surface area contributed by atoms with E-state index in [-0.39, 0.29) is 24.8 Å². The molecule has 1 N–H and O–H groups in total. The van der Waals surface area contributed by atoms with Gasteiger partial charge in [-0.05, 0) is 30.7 Å². The molecule has 2 aromatic carbocycles. The number of thiocarbonyl (C=S) groups is 1. The number of rotatable bonds is 6. The second kappa shape index (κ2) is 9.48. The molecule has 1 fully saturated rings. The third kappa shape index (κ3) is 5.41. The molecule has 1 aliphatic heterocycles. The summed E-state index contributed by atoms with van der Waals surface area (Å²) in [5.74, 6) is -0.304. The number of nitrogens with one attached hydrogen (secondary N) is 1. The summed E-state index contributed by atoms with van der Waals surface area (Å²) in [5, 5.41) is 2.83. The van der Waals surface area contributed by atoms with Crippen LogP contribution in [0.3, 0.4) is 0 Å². The summed E-state index contributed by atoms with van der Waals surface area (Å²) in [6.07, 6.45) is 5.72. The van der Waals surface area contributed by atoms with Crippen molar-refractivity contribution in [3.63, 3.8) is 0 Å². The molecule has 0 saturated carbocycles. The number of hydrogen-bond donors (Lipinski definition) is 1. The van der Waals surface area contributed by atoms with Crippen molar-refractivity contribution in [2.24, 2.45) is 0 Å². The lowest BCUT2D eigenvalue weighted by Crippen LogP contribution is -2.31. The number of anilines is 1. The van der Waals surface area contributed by atoms with Crippen LogP contribution in [0.15, 0.2) is 71.7 Å². The van der Waals surface area contributed by atoms with Crippen molar-refractivity contribution >= 4 is 51.9 Å².